The van der Waals surface area contributed by atoms with Gasteiger partial charge in [0.25, 0.3) is 0 Å². The lowest BCUT2D eigenvalue weighted by Crippen LogP contribution is -2.43. The van der Waals surface area contributed by atoms with Crippen LogP contribution in [-0.2, 0) is 0 Å². The van der Waals surface area contributed by atoms with Gasteiger partial charge in [-0.05, 0) is 25.7 Å². The minimum atomic E-state index is 0.204. The van der Waals surface area contributed by atoms with Gasteiger partial charge in [0.15, 0.2) is 0 Å². The van der Waals surface area contributed by atoms with Crippen LogP contribution in [0.15, 0.2) is 0 Å². The maximum atomic E-state index is 5.91. The average molecular weight is 140 g/mol. The predicted octanol–water partition coefficient (Wildman–Crippen LogP) is 0.620. The van der Waals surface area contributed by atoms with E-state index in [1.165, 1.54) is 32.1 Å². The Morgan fingerprint density at radius 3 is 2.50 bits per heavy atom. The normalized spacial score (nSPS) is 29.7. The Balaban J connectivity index is 1.63. The zero-order valence-corrected chi connectivity index (χ0v) is 6.40. The van der Waals surface area contributed by atoms with Gasteiger partial charge in [-0.3, -0.25) is 0 Å². The molecule has 0 atom stereocenters. The van der Waals surface area contributed by atoms with Crippen LogP contribution in [0.3, 0.4) is 0 Å². The lowest BCUT2D eigenvalue weighted by Gasteiger charge is -2.27. The molecule has 2 nitrogen and oxygen atoms in total. The lowest BCUT2D eigenvalue weighted by atomic mass is 9.93. The first-order valence-electron chi connectivity index (χ1n) is 4.31. The Morgan fingerprint density at radius 1 is 1.40 bits per heavy atom. The summed E-state index contributed by atoms with van der Waals surface area (Å²) >= 11 is 0. The second-order valence-electron chi connectivity index (χ2n) is 3.87. The lowest BCUT2D eigenvalue weighted by molar-refractivity contribution is 0.329. The third kappa shape index (κ3) is 1.32. The minimum Gasteiger partial charge on any atom is -0.324 e. The standard InChI is InChI=1S/C8H16N2/c9-8(4-5-8)6-10-7-2-1-3-7/h7,10H,1-6,9H2. The molecule has 2 aliphatic rings. The van der Waals surface area contributed by atoms with Gasteiger partial charge < -0.3 is 11.1 Å². The Hall–Kier alpha value is -0.0800. The Labute approximate surface area is 62.2 Å². The molecule has 0 amide bonds. The molecule has 2 rings (SSSR count). The summed E-state index contributed by atoms with van der Waals surface area (Å²) < 4.78 is 0. The maximum Gasteiger partial charge on any atom is 0.0282 e. The Bertz CT molecular complexity index is 125. The molecule has 10 heavy (non-hydrogen) atoms. The molecule has 0 unspecified atom stereocenters. The van der Waals surface area contributed by atoms with Gasteiger partial charge in [0.2, 0.25) is 0 Å². The second-order valence-corrected chi connectivity index (χ2v) is 3.87. The molecule has 2 heteroatoms. The van der Waals surface area contributed by atoms with Crippen molar-refractivity contribution in [2.45, 2.75) is 43.7 Å². The van der Waals surface area contributed by atoms with Crippen LogP contribution in [0.25, 0.3) is 0 Å². The summed E-state index contributed by atoms with van der Waals surface area (Å²) in [6, 6.07) is 0.807. The molecule has 2 aliphatic carbocycles. The highest BCUT2D eigenvalue weighted by Gasteiger charge is 2.38. The molecule has 0 aromatic rings. The van der Waals surface area contributed by atoms with Gasteiger partial charge in [-0.15, -0.1) is 0 Å². The Kier molecular flexibility index (Phi) is 1.46. The molecule has 0 bridgehead atoms. The highest BCUT2D eigenvalue weighted by atomic mass is 15.0. The minimum absolute atomic E-state index is 0.204. The topological polar surface area (TPSA) is 38.0 Å². The van der Waals surface area contributed by atoms with Crippen LogP contribution in [0.1, 0.15) is 32.1 Å². The fourth-order valence-corrected chi connectivity index (χ4v) is 1.30. The molecule has 2 saturated carbocycles. The molecule has 0 spiro atoms. The average Bonchev–Trinajstić information content (AvgIpc) is 2.44. The summed E-state index contributed by atoms with van der Waals surface area (Å²) in [7, 11) is 0. The van der Waals surface area contributed by atoms with E-state index in [-0.39, 0.29) is 5.54 Å². The van der Waals surface area contributed by atoms with Crippen LogP contribution < -0.4 is 11.1 Å². The van der Waals surface area contributed by atoms with E-state index in [2.05, 4.69) is 5.32 Å². The number of nitrogens with one attached hydrogen (secondary N) is 1. The molecule has 0 aromatic carbocycles. The SMILES string of the molecule is NC1(CNC2CCC2)CC1. The highest BCUT2D eigenvalue weighted by Crippen LogP contribution is 2.31. The first kappa shape index (κ1) is 6.62. The summed E-state index contributed by atoms with van der Waals surface area (Å²) in [4.78, 5) is 0. The smallest absolute Gasteiger partial charge is 0.0282 e. The molecule has 0 aliphatic heterocycles. The van der Waals surface area contributed by atoms with Crippen LogP contribution in [0, 0.1) is 0 Å². The van der Waals surface area contributed by atoms with E-state index in [9.17, 15) is 0 Å². The fraction of sp³-hybridized carbons (Fsp3) is 1.00. The van der Waals surface area contributed by atoms with Gasteiger partial charge >= 0.3 is 0 Å². The van der Waals surface area contributed by atoms with E-state index < -0.39 is 0 Å². The summed E-state index contributed by atoms with van der Waals surface area (Å²) in [5, 5.41) is 3.50. The van der Waals surface area contributed by atoms with E-state index >= 15 is 0 Å². The molecule has 0 radical (unpaired) electrons. The monoisotopic (exact) mass is 140 g/mol. The van der Waals surface area contributed by atoms with Crippen molar-refractivity contribution in [3.8, 4) is 0 Å². The van der Waals surface area contributed by atoms with E-state index in [1.54, 1.807) is 0 Å². The first-order chi connectivity index (χ1) is 4.79. The molecule has 0 aromatic heterocycles. The number of rotatable bonds is 3. The molecule has 58 valence electrons. The van der Waals surface area contributed by atoms with Crippen molar-refractivity contribution < 1.29 is 0 Å². The van der Waals surface area contributed by atoms with Crippen molar-refractivity contribution in [3.05, 3.63) is 0 Å². The summed E-state index contributed by atoms with van der Waals surface area (Å²) in [5.41, 5.74) is 6.12. The van der Waals surface area contributed by atoms with Crippen molar-refractivity contribution in [3.63, 3.8) is 0 Å². The zero-order valence-electron chi connectivity index (χ0n) is 6.40. The summed E-state index contributed by atoms with van der Waals surface area (Å²) in [5.74, 6) is 0. The van der Waals surface area contributed by atoms with Gasteiger partial charge in [-0.2, -0.15) is 0 Å². The van der Waals surface area contributed by atoms with Gasteiger partial charge in [-0.25, -0.2) is 0 Å². The molecular formula is C8H16N2. The van der Waals surface area contributed by atoms with E-state index in [0.29, 0.717) is 0 Å². The number of hydrogen-bond acceptors (Lipinski definition) is 2. The van der Waals surface area contributed by atoms with Crippen molar-refractivity contribution in [2.24, 2.45) is 5.73 Å². The number of nitrogens with two attached hydrogens (primary N) is 1. The molecular weight excluding hydrogens is 124 g/mol. The quantitative estimate of drug-likeness (QED) is 0.603. The second kappa shape index (κ2) is 2.21. The first-order valence-corrected chi connectivity index (χ1v) is 4.31. The molecule has 3 N–H and O–H groups in total. The van der Waals surface area contributed by atoms with Gasteiger partial charge in [0.1, 0.15) is 0 Å². The largest absolute Gasteiger partial charge is 0.324 e. The summed E-state index contributed by atoms with van der Waals surface area (Å²) in [6.07, 6.45) is 6.61. The van der Waals surface area contributed by atoms with E-state index in [4.69, 9.17) is 5.73 Å². The van der Waals surface area contributed by atoms with Crippen molar-refractivity contribution in [1.82, 2.24) is 5.32 Å². The van der Waals surface area contributed by atoms with E-state index in [1.807, 2.05) is 0 Å². The third-order valence-corrected chi connectivity index (χ3v) is 2.74. The van der Waals surface area contributed by atoms with Crippen LogP contribution in [0.5, 0.6) is 0 Å². The molecule has 2 fully saturated rings. The van der Waals surface area contributed by atoms with Crippen molar-refractivity contribution >= 4 is 0 Å². The van der Waals surface area contributed by atoms with Gasteiger partial charge in [-0.1, -0.05) is 6.42 Å². The Morgan fingerprint density at radius 2 is 2.10 bits per heavy atom. The third-order valence-electron chi connectivity index (χ3n) is 2.74. The van der Waals surface area contributed by atoms with Crippen molar-refractivity contribution in [2.75, 3.05) is 6.54 Å². The number of hydrogen-bond donors (Lipinski definition) is 2. The zero-order chi connectivity index (χ0) is 7.03. The van der Waals surface area contributed by atoms with Crippen molar-refractivity contribution in [1.29, 1.82) is 0 Å². The van der Waals surface area contributed by atoms with Crippen LogP contribution in [0.4, 0.5) is 0 Å². The van der Waals surface area contributed by atoms with Gasteiger partial charge in [0.05, 0.1) is 0 Å². The van der Waals surface area contributed by atoms with Crippen LogP contribution in [0.2, 0.25) is 0 Å². The summed E-state index contributed by atoms with van der Waals surface area (Å²) in [6.45, 7) is 1.05. The predicted molar refractivity (Wildman–Crippen MR) is 41.8 cm³/mol. The maximum absolute atomic E-state index is 5.91. The highest BCUT2D eigenvalue weighted by molar-refractivity contribution is 5.01. The fourth-order valence-electron chi connectivity index (χ4n) is 1.30. The van der Waals surface area contributed by atoms with Crippen LogP contribution >= 0.6 is 0 Å². The van der Waals surface area contributed by atoms with E-state index in [0.717, 1.165) is 12.6 Å². The van der Waals surface area contributed by atoms with Gasteiger partial charge in [0, 0.05) is 18.1 Å². The van der Waals surface area contributed by atoms with Crippen LogP contribution in [-0.4, -0.2) is 18.1 Å². The molecule has 0 saturated heterocycles. The molecule has 0 heterocycles.